The molecule has 0 aliphatic rings. The fourth-order valence-electron chi connectivity index (χ4n) is 3.32. The van der Waals surface area contributed by atoms with Crippen molar-refractivity contribution in [1.29, 1.82) is 0 Å². The van der Waals surface area contributed by atoms with E-state index in [-0.39, 0.29) is 18.1 Å². The maximum absolute atomic E-state index is 12.4. The Bertz CT molecular complexity index is 1220. The van der Waals surface area contributed by atoms with Gasteiger partial charge in [0.05, 0.1) is 12.7 Å². The van der Waals surface area contributed by atoms with Gasteiger partial charge in [-0.05, 0) is 38.0 Å². The number of hydrogen-bond acceptors (Lipinski definition) is 4. The zero-order valence-corrected chi connectivity index (χ0v) is 15.9. The fourth-order valence-corrected chi connectivity index (χ4v) is 3.32. The zero-order chi connectivity index (χ0) is 19.8. The molecule has 2 heterocycles. The molecule has 0 unspecified atom stereocenters. The molecule has 6 heteroatoms. The Kier molecular flexibility index (Phi) is 4.39. The lowest BCUT2D eigenvalue weighted by atomic mass is 10.0. The minimum Gasteiger partial charge on any atom is -0.464 e. The predicted octanol–water partition coefficient (Wildman–Crippen LogP) is 4.11. The number of fused-ring (bicyclic) bond motifs is 2. The first-order chi connectivity index (χ1) is 13.5. The fraction of sp³-hybridized carbons (Fsp3) is 0.182. The summed E-state index contributed by atoms with van der Waals surface area (Å²) in [5.74, 6) is -0.657. The van der Waals surface area contributed by atoms with Gasteiger partial charge in [-0.25, -0.2) is 0 Å². The van der Waals surface area contributed by atoms with E-state index in [1.54, 1.807) is 12.3 Å². The predicted molar refractivity (Wildman–Crippen MR) is 106 cm³/mol. The molecule has 0 saturated heterocycles. The van der Waals surface area contributed by atoms with Crippen LogP contribution in [0.25, 0.3) is 21.9 Å². The topological polar surface area (TPSA) is 84.5 Å². The molecule has 0 radical (unpaired) electrons. The first-order valence-electron chi connectivity index (χ1n) is 8.99. The van der Waals surface area contributed by atoms with Crippen LogP contribution in [-0.4, -0.2) is 11.8 Å². The Hall–Kier alpha value is -3.54. The van der Waals surface area contributed by atoms with E-state index in [4.69, 9.17) is 8.83 Å². The number of aryl methyl sites for hydroxylation is 3. The van der Waals surface area contributed by atoms with E-state index < -0.39 is 5.91 Å². The molecule has 0 saturated carbocycles. The minimum atomic E-state index is -0.495. The normalized spacial score (nSPS) is 11.1. The number of hydrogen-bond donors (Lipinski definition) is 2. The third-order valence-electron chi connectivity index (χ3n) is 5.06. The largest absolute Gasteiger partial charge is 0.464 e. The smallest absolute Gasteiger partial charge is 0.305 e. The zero-order valence-electron chi connectivity index (χ0n) is 15.9. The molecule has 0 bridgehead atoms. The summed E-state index contributed by atoms with van der Waals surface area (Å²) in [6, 6.07) is 11.4. The molecule has 0 atom stereocenters. The Morgan fingerprint density at radius 1 is 0.929 bits per heavy atom. The molecular formula is C22H20N2O4. The molecule has 28 heavy (non-hydrogen) atoms. The van der Waals surface area contributed by atoms with Gasteiger partial charge in [0.15, 0.2) is 5.76 Å². The van der Waals surface area contributed by atoms with E-state index in [9.17, 15) is 9.59 Å². The van der Waals surface area contributed by atoms with Crippen molar-refractivity contribution < 1.29 is 18.4 Å². The Labute approximate surface area is 161 Å². The van der Waals surface area contributed by atoms with Crippen LogP contribution in [0, 0.1) is 20.8 Å². The van der Waals surface area contributed by atoms with Crippen molar-refractivity contribution in [3.05, 3.63) is 70.7 Å². The molecule has 2 aromatic heterocycles. The Balaban J connectivity index is 1.45. The van der Waals surface area contributed by atoms with Crippen molar-refractivity contribution in [3.8, 4) is 0 Å². The number of hydrazine groups is 1. The van der Waals surface area contributed by atoms with Gasteiger partial charge in [0.1, 0.15) is 11.2 Å². The van der Waals surface area contributed by atoms with E-state index in [1.165, 1.54) is 0 Å². The lowest BCUT2D eigenvalue weighted by Crippen LogP contribution is -2.42. The maximum Gasteiger partial charge on any atom is 0.305 e. The van der Waals surface area contributed by atoms with E-state index in [1.807, 2.05) is 51.1 Å². The van der Waals surface area contributed by atoms with Gasteiger partial charge in [-0.15, -0.1) is 0 Å². The number of para-hydroxylation sites is 1. The molecule has 2 N–H and O–H groups in total. The van der Waals surface area contributed by atoms with Crippen LogP contribution < -0.4 is 10.9 Å². The van der Waals surface area contributed by atoms with Crippen molar-refractivity contribution in [2.45, 2.75) is 27.2 Å². The lowest BCUT2D eigenvalue weighted by molar-refractivity contribution is -0.121. The van der Waals surface area contributed by atoms with E-state index in [0.29, 0.717) is 5.58 Å². The number of benzene rings is 2. The standard InChI is InChI=1S/C22H20N2O4/c1-12-8-9-17-15(11-27-20(17)13(12)2)10-19(25)23-24-22(26)21-14(3)16-6-4-5-7-18(16)28-21/h4-9,11H,10H2,1-3H3,(H,23,25)(H,24,26). The minimum absolute atomic E-state index is 0.0922. The number of carbonyl (C=O) groups is 2. The van der Waals surface area contributed by atoms with Gasteiger partial charge in [-0.2, -0.15) is 0 Å². The van der Waals surface area contributed by atoms with Gasteiger partial charge in [-0.3, -0.25) is 20.4 Å². The first kappa shape index (κ1) is 17.9. The van der Waals surface area contributed by atoms with Crippen molar-refractivity contribution in [3.63, 3.8) is 0 Å². The van der Waals surface area contributed by atoms with E-state index >= 15 is 0 Å². The molecule has 2 amide bonds. The third kappa shape index (κ3) is 3.03. The monoisotopic (exact) mass is 376 g/mol. The highest BCUT2D eigenvalue weighted by atomic mass is 16.3. The highest BCUT2D eigenvalue weighted by Crippen LogP contribution is 2.27. The average molecular weight is 376 g/mol. The first-order valence-corrected chi connectivity index (χ1v) is 8.99. The van der Waals surface area contributed by atoms with Crippen LogP contribution >= 0.6 is 0 Å². The van der Waals surface area contributed by atoms with Crippen LogP contribution in [0.2, 0.25) is 0 Å². The van der Waals surface area contributed by atoms with Gasteiger partial charge < -0.3 is 8.83 Å². The molecule has 0 spiro atoms. The Morgan fingerprint density at radius 2 is 1.71 bits per heavy atom. The van der Waals surface area contributed by atoms with Gasteiger partial charge in [0.2, 0.25) is 5.91 Å². The van der Waals surface area contributed by atoms with Crippen molar-refractivity contribution in [1.82, 2.24) is 10.9 Å². The molecule has 4 rings (SSSR count). The second kappa shape index (κ2) is 6.88. The second-order valence-electron chi connectivity index (χ2n) is 6.88. The molecule has 142 valence electrons. The molecule has 0 fully saturated rings. The van der Waals surface area contributed by atoms with Gasteiger partial charge in [0.25, 0.3) is 0 Å². The summed E-state index contributed by atoms with van der Waals surface area (Å²) in [5.41, 5.74) is 9.96. The van der Waals surface area contributed by atoms with Crippen LogP contribution in [-0.2, 0) is 11.2 Å². The summed E-state index contributed by atoms with van der Waals surface area (Å²) in [5, 5.41) is 1.77. The van der Waals surface area contributed by atoms with Crippen LogP contribution in [0.4, 0.5) is 0 Å². The molecule has 6 nitrogen and oxygen atoms in total. The summed E-state index contributed by atoms with van der Waals surface area (Å²) in [7, 11) is 0. The van der Waals surface area contributed by atoms with Crippen LogP contribution in [0.15, 0.2) is 51.5 Å². The molecule has 4 aromatic rings. The maximum atomic E-state index is 12.4. The van der Waals surface area contributed by atoms with Crippen molar-refractivity contribution in [2.24, 2.45) is 0 Å². The second-order valence-corrected chi connectivity index (χ2v) is 6.88. The lowest BCUT2D eigenvalue weighted by Gasteiger charge is -2.06. The van der Waals surface area contributed by atoms with Crippen molar-refractivity contribution in [2.75, 3.05) is 0 Å². The summed E-state index contributed by atoms with van der Waals surface area (Å²) >= 11 is 0. The number of carbonyl (C=O) groups excluding carboxylic acids is 2. The molecule has 0 aliphatic heterocycles. The molecule has 2 aromatic carbocycles. The number of nitrogens with one attached hydrogen (secondary N) is 2. The van der Waals surface area contributed by atoms with Gasteiger partial charge in [0, 0.05) is 21.9 Å². The number of rotatable bonds is 3. The Morgan fingerprint density at radius 3 is 2.50 bits per heavy atom. The van der Waals surface area contributed by atoms with E-state index in [0.717, 1.165) is 38.6 Å². The van der Waals surface area contributed by atoms with Gasteiger partial charge >= 0.3 is 5.91 Å². The summed E-state index contributed by atoms with van der Waals surface area (Å²) < 4.78 is 11.2. The highest BCUT2D eigenvalue weighted by Gasteiger charge is 2.18. The average Bonchev–Trinajstić information content (AvgIpc) is 3.25. The third-order valence-corrected chi connectivity index (χ3v) is 5.06. The summed E-state index contributed by atoms with van der Waals surface area (Å²) in [6.07, 6.45) is 1.68. The summed E-state index contributed by atoms with van der Waals surface area (Å²) in [4.78, 5) is 24.7. The van der Waals surface area contributed by atoms with E-state index in [2.05, 4.69) is 10.9 Å². The SMILES string of the molecule is Cc1ccc2c(CC(=O)NNC(=O)c3oc4ccccc4c3C)coc2c1C. The van der Waals surface area contributed by atoms with Crippen LogP contribution in [0.3, 0.4) is 0 Å². The number of amides is 2. The highest BCUT2D eigenvalue weighted by molar-refractivity contribution is 5.99. The van der Waals surface area contributed by atoms with Gasteiger partial charge in [-0.1, -0.05) is 30.3 Å². The molecule has 0 aliphatic carbocycles. The van der Waals surface area contributed by atoms with Crippen molar-refractivity contribution >= 4 is 33.8 Å². The quantitative estimate of drug-likeness (QED) is 0.527. The van der Waals surface area contributed by atoms with Crippen LogP contribution in [0.5, 0.6) is 0 Å². The molecular weight excluding hydrogens is 356 g/mol. The summed E-state index contributed by atoms with van der Waals surface area (Å²) in [6.45, 7) is 5.81. The number of furan rings is 2. The van der Waals surface area contributed by atoms with Crippen LogP contribution in [0.1, 0.15) is 32.8 Å².